The van der Waals surface area contributed by atoms with Crippen LogP contribution >= 0.6 is 15.9 Å². The highest BCUT2D eigenvalue weighted by molar-refractivity contribution is 9.10. The van der Waals surface area contributed by atoms with E-state index in [2.05, 4.69) is 35.0 Å². The van der Waals surface area contributed by atoms with Gasteiger partial charge in [-0.05, 0) is 69.9 Å². The zero-order valence-electron chi connectivity index (χ0n) is 15.2. The maximum Gasteiger partial charge on any atom is 0.343 e. The maximum absolute atomic E-state index is 12.3. The van der Waals surface area contributed by atoms with Gasteiger partial charge in [-0.25, -0.2) is 4.79 Å². The maximum atomic E-state index is 12.3. The molecule has 3 aromatic rings. The second-order valence-electron chi connectivity index (χ2n) is 6.12. The largest absolute Gasteiger partial charge is 0.493 e. The van der Waals surface area contributed by atoms with Crippen molar-refractivity contribution in [2.45, 2.75) is 19.8 Å². The lowest BCUT2D eigenvalue weighted by Crippen LogP contribution is -2.09. The molecule has 0 amide bonds. The summed E-state index contributed by atoms with van der Waals surface area (Å²) in [5.74, 6) is 0.854. The number of hydrogen-bond donors (Lipinski definition) is 0. The van der Waals surface area contributed by atoms with Crippen molar-refractivity contribution < 1.29 is 14.3 Å². The molecular weight excluding hydrogens is 404 g/mol. The van der Waals surface area contributed by atoms with Crippen molar-refractivity contribution >= 4 is 21.9 Å². The van der Waals surface area contributed by atoms with Gasteiger partial charge in [-0.1, -0.05) is 43.3 Å². The van der Waals surface area contributed by atoms with E-state index in [0.29, 0.717) is 17.9 Å². The topological polar surface area (TPSA) is 35.5 Å². The van der Waals surface area contributed by atoms with Crippen molar-refractivity contribution in [1.82, 2.24) is 0 Å². The molecule has 0 unspecified atom stereocenters. The third kappa shape index (κ3) is 5.44. The number of rotatable bonds is 7. The number of benzene rings is 3. The van der Waals surface area contributed by atoms with E-state index in [1.165, 1.54) is 11.1 Å². The molecule has 0 aliphatic carbocycles. The van der Waals surface area contributed by atoms with E-state index in [-0.39, 0.29) is 0 Å². The average molecular weight is 425 g/mol. The molecule has 0 saturated carbocycles. The van der Waals surface area contributed by atoms with Crippen molar-refractivity contribution in [2.24, 2.45) is 0 Å². The first-order valence-corrected chi connectivity index (χ1v) is 9.72. The van der Waals surface area contributed by atoms with E-state index < -0.39 is 5.97 Å². The van der Waals surface area contributed by atoms with Crippen LogP contribution in [0.3, 0.4) is 0 Å². The standard InChI is InChI=1S/C23H21BrO3/c1-2-17-8-13-22(21(24)16-17)27-23(25)19-9-11-20(12-10-19)26-15-14-18-6-4-3-5-7-18/h3-13,16H,2,14-15H2,1H3. The van der Waals surface area contributed by atoms with Crippen LogP contribution in [0.5, 0.6) is 11.5 Å². The van der Waals surface area contributed by atoms with Crippen molar-refractivity contribution in [3.63, 3.8) is 0 Å². The summed E-state index contributed by atoms with van der Waals surface area (Å²) >= 11 is 3.45. The second kappa shape index (κ2) is 9.38. The van der Waals surface area contributed by atoms with Gasteiger partial charge in [0.2, 0.25) is 0 Å². The molecule has 4 heteroatoms. The van der Waals surface area contributed by atoms with E-state index in [1.807, 2.05) is 36.4 Å². The lowest BCUT2D eigenvalue weighted by atomic mass is 10.1. The average Bonchev–Trinajstić information content (AvgIpc) is 2.70. The Hall–Kier alpha value is -2.59. The van der Waals surface area contributed by atoms with Gasteiger partial charge < -0.3 is 9.47 Å². The quantitative estimate of drug-likeness (QED) is 0.352. The highest BCUT2D eigenvalue weighted by Gasteiger charge is 2.11. The van der Waals surface area contributed by atoms with Gasteiger partial charge >= 0.3 is 5.97 Å². The van der Waals surface area contributed by atoms with Crippen LogP contribution in [-0.2, 0) is 12.8 Å². The number of aryl methyl sites for hydroxylation is 1. The fourth-order valence-electron chi connectivity index (χ4n) is 2.62. The SMILES string of the molecule is CCc1ccc(OC(=O)c2ccc(OCCc3ccccc3)cc2)c(Br)c1. The van der Waals surface area contributed by atoms with Gasteiger partial charge in [0.1, 0.15) is 11.5 Å². The molecule has 0 N–H and O–H groups in total. The van der Waals surface area contributed by atoms with Crippen LogP contribution in [0.25, 0.3) is 0 Å². The minimum atomic E-state index is -0.393. The minimum absolute atomic E-state index is 0.393. The Bertz CT molecular complexity index is 889. The Morgan fingerprint density at radius 2 is 1.67 bits per heavy atom. The summed E-state index contributed by atoms with van der Waals surface area (Å²) in [5, 5.41) is 0. The Morgan fingerprint density at radius 3 is 2.33 bits per heavy atom. The lowest BCUT2D eigenvalue weighted by molar-refractivity contribution is 0.0733. The number of esters is 1. The molecule has 0 atom stereocenters. The van der Waals surface area contributed by atoms with Crippen LogP contribution in [0.2, 0.25) is 0 Å². The van der Waals surface area contributed by atoms with Crippen LogP contribution in [0, 0.1) is 0 Å². The molecule has 0 bridgehead atoms. The Kier molecular flexibility index (Phi) is 6.66. The number of carbonyl (C=O) groups is 1. The summed E-state index contributed by atoms with van der Waals surface area (Å²) in [5.41, 5.74) is 2.90. The Labute approximate surface area is 168 Å². The first-order valence-electron chi connectivity index (χ1n) is 8.93. The third-order valence-corrected chi connectivity index (χ3v) is 4.82. The molecule has 0 aromatic heterocycles. The first kappa shape index (κ1) is 19.2. The summed E-state index contributed by atoms with van der Waals surface area (Å²) in [7, 11) is 0. The molecule has 27 heavy (non-hydrogen) atoms. The summed E-state index contributed by atoms with van der Waals surface area (Å²) in [6.45, 7) is 2.67. The van der Waals surface area contributed by atoms with E-state index in [1.54, 1.807) is 24.3 Å². The van der Waals surface area contributed by atoms with E-state index >= 15 is 0 Å². The van der Waals surface area contributed by atoms with Crippen LogP contribution in [0.1, 0.15) is 28.4 Å². The van der Waals surface area contributed by atoms with Crippen LogP contribution in [0.4, 0.5) is 0 Å². The molecule has 0 radical (unpaired) electrons. The van der Waals surface area contributed by atoms with Gasteiger partial charge in [0.15, 0.2) is 0 Å². The molecule has 0 saturated heterocycles. The molecule has 138 valence electrons. The van der Waals surface area contributed by atoms with Crippen molar-refractivity contribution in [3.05, 3.63) is 94.0 Å². The van der Waals surface area contributed by atoms with Crippen molar-refractivity contribution in [2.75, 3.05) is 6.61 Å². The highest BCUT2D eigenvalue weighted by Crippen LogP contribution is 2.27. The summed E-state index contributed by atoms with van der Waals surface area (Å²) < 4.78 is 12.0. The van der Waals surface area contributed by atoms with Crippen molar-refractivity contribution in [3.8, 4) is 11.5 Å². The fourth-order valence-corrected chi connectivity index (χ4v) is 3.13. The lowest BCUT2D eigenvalue weighted by Gasteiger charge is -2.09. The van der Waals surface area contributed by atoms with Gasteiger partial charge in [-0.15, -0.1) is 0 Å². The molecule has 0 aliphatic rings. The Balaban J connectivity index is 1.55. The molecule has 0 heterocycles. The molecule has 0 fully saturated rings. The van der Waals surface area contributed by atoms with Crippen LogP contribution < -0.4 is 9.47 Å². The predicted octanol–water partition coefficient (Wildman–Crippen LogP) is 5.85. The number of carbonyl (C=O) groups excluding carboxylic acids is 1. The molecule has 3 rings (SSSR count). The van der Waals surface area contributed by atoms with Crippen molar-refractivity contribution in [1.29, 1.82) is 0 Å². The van der Waals surface area contributed by atoms with Gasteiger partial charge in [0.05, 0.1) is 16.6 Å². The number of ether oxygens (including phenoxy) is 2. The molecule has 0 spiro atoms. The fraction of sp³-hybridized carbons (Fsp3) is 0.174. The van der Waals surface area contributed by atoms with E-state index in [0.717, 1.165) is 23.1 Å². The highest BCUT2D eigenvalue weighted by atomic mass is 79.9. The van der Waals surface area contributed by atoms with Crippen LogP contribution in [-0.4, -0.2) is 12.6 Å². The predicted molar refractivity (Wildman–Crippen MR) is 111 cm³/mol. The smallest absolute Gasteiger partial charge is 0.343 e. The molecular formula is C23H21BrO3. The molecule has 3 aromatic carbocycles. The summed E-state index contributed by atoms with van der Waals surface area (Å²) in [6.07, 6.45) is 1.77. The first-order chi connectivity index (χ1) is 13.2. The third-order valence-electron chi connectivity index (χ3n) is 4.20. The monoisotopic (exact) mass is 424 g/mol. The van der Waals surface area contributed by atoms with Gasteiger partial charge in [0, 0.05) is 6.42 Å². The normalized spacial score (nSPS) is 10.4. The Morgan fingerprint density at radius 1 is 0.926 bits per heavy atom. The van der Waals surface area contributed by atoms with E-state index in [4.69, 9.17) is 9.47 Å². The van der Waals surface area contributed by atoms with Gasteiger partial charge in [0.25, 0.3) is 0 Å². The molecule has 0 aliphatic heterocycles. The molecule has 3 nitrogen and oxygen atoms in total. The van der Waals surface area contributed by atoms with E-state index in [9.17, 15) is 4.79 Å². The van der Waals surface area contributed by atoms with Gasteiger partial charge in [-0.3, -0.25) is 0 Å². The summed E-state index contributed by atoms with van der Waals surface area (Å²) in [4.78, 5) is 12.3. The van der Waals surface area contributed by atoms with Crippen LogP contribution in [0.15, 0.2) is 77.3 Å². The summed E-state index contributed by atoms with van der Waals surface area (Å²) in [6, 6.07) is 22.9. The number of halogens is 1. The van der Waals surface area contributed by atoms with Gasteiger partial charge in [-0.2, -0.15) is 0 Å². The second-order valence-corrected chi connectivity index (χ2v) is 6.97. The zero-order chi connectivity index (χ0) is 19.1. The number of hydrogen-bond acceptors (Lipinski definition) is 3. The zero-order valence-corrected chi connectivity index (χ0v) is 16.7. The minimum Gasteiger partial charge on any atom is -0.493 e.